The zero-order valence-electron chi connectivity index (χ0n) is 24.2. The van der Waals surface area contributed by atoms with Crippen LogP contribution in [0.3, 0.4) is 0 Å². The van der Waals surface area contributed by atoms with E-state index in [0.29, 0.717) is 44.5 Å². The van der Waals surface area contributed by atoms with Crippen LogP contribution in [0.25, 0.3) is 0 Å². The maximum Gasteiger partial charge on any atom is 0.243 e. The van der Waals surface area contributed by atoms with Gasteiger partial charge in [0.15, 0.2) is 5.78 Å². The lowest BCUT2D eigenvalue weighted by atomic mass is 9.79. The highest BCUT2D eigenvalue weighted by atomic mass is 16.6. The number of ketones is 1. The van der Waals surface area contributed by atoms with E-state index < -0.39 is 41.6 Å². The summed E-state index contributed by atoms with van der Waals surface area (Å²) in [6, 6.07) is 4.59. The van der Waals surface area contributed by atoms with Crippen molar-refractivity contribution in [1.82, 2.24) is 16.0 Å². The molecule has 10 heteroatoms. The van der Waals surface area contributed by atoms with Gasteiger partial charge in [0.25, 0.3) is 0 Å². The van der Waals surface area contributed by atoms with Crippen molar-refractivity contribution in [1.29, 1.82) is 0 Å². The number of aliphatic hydroxyl groups is 1. The molecule has 1 saturated carbocycles. The molecule has 224 valence electrons. The minimum absolute atomic E-state index is 0.159. The van der Waals surface area contributed by atoms with Gasteiger partial charge in [0.05, 0.1) is 25.4 Å². The Morgan fingerprint density at radius 1 is 1.02 bits per heavy atom. The lowest BCUT2D eigenvalue weighted by Crippen LogP contribution is -2.56. The van der Waals surface area contributed by atoms with Crippen molar-refractivity contribution in [2.24, 2.45) is 5.92 Å². The number of ether oxygens (including phenoxy) is 2. The first-order chi connectivity index (χ1) is 19.5. The van der Waals surface area contributed by atoms with Crippen LogP contribution in [-0.2, 0) is 30.3 Å². The number of methoxy groups -OCH3 is 1. The van der Waals surface area contributed by atoms with Gasteiger partial charge >= 0.3 is 0 Å². The average Bonchev–Trinajstić information content (AvgIpc) is 3.67. The molecule has 1 aliphatic heterocycles. The number of epoxide rings is 1. The Morgan fingerprint density at radius 2 is 1.68 bits per heavy atom. The zero-order chi connectivity index (χ0) is 29.6. The highest BCUT2D eigenvalue weighted by Crippen LogP contribution is 2.31. The summed E-state index contributed by atoms with van der Waals surface area (Å²) in [5, 5.41) is 18.7. The maximum absolute atomic E-state index is 13.6. The van der Waals surface area contributed by atoms with E-state index in [4.69, 9.17) is 9.47 Å². The lowest BCUT2D eigenvalue weighted by Gasteiger charge is -2.32. The number of carbonyl (C=O) groups is 4. The second kappa shape index (κ2) is 13.6. The first-order valence-corrected chi connectivity index (χ1v) is 14.6. The first kappa shape index (κ1) is 30.7. The predicted molar refractivity (Wildman–Crippen MR) is 152 cm³/mol. The minimum atomic E-state index is -0.979. The van der Waals surface area contributed by atoms with Gasteiger partial charge in [-0.2, -0.15) is 0 Å². The Morgan fingerprint density at radius 3 is 2.27 bits per heavy atom. The van der Waals surface area contributed by atoms with Crippen LogP contribution in [0.15, 0.2) is 35.9 Å². The molecule has 1 saturated heterocycles. The molecule has 0 radical (unpaired) electrons. The summed E-state index contributed by atoms with van der Waals surface area (Å²) in [5.74, 6) is -0.974. The van der Waals surface area contributed by atoms with Crippen molar-refractivity contribution in [3.05, 3.63) is 41.5 Å². The fraction of sp³-hybridized carbons (Fsp3) is 0.613. The van der Waals surface area contributed by atoms with Gasteiger partial charge in [-0.3, -0.25) is 19.2 Å². The van der Waals surface area contributed by atoms with E-state index in [1.807, 2.05) is 12.1 Å². The van der Waals surface area contributed by atoms with Crippen molar-refractivity contribution in [3.63, 3.8) is 0 Å². The van der Waals surface area contributed by atoms with Crippen molar-refractivity contribution in [2.75, 3.05) is 13.7 Å². The smallest absolute Gasteiger partial charge is 0.243 e. The van der Waals surface area contributed by atoms with Gasteiger partial charge in [0.1, 0.15) is 23.9 Å². The molecule has 0 spiro atoms. The van der Waals surface area contributed by atoms with Gasteiger partial charge in [-0.05, 0) is 82.9 Å². The minimum Gasteiger partial charge on any atom is -0.497 e. The van der Waals surface area contributed by atoms with Gasteiger partial charge in [0.2, 0.25) is 17.7 Å². The van der Waals surface area contributed by atoms with Gasteiger partial charge in [-0.25, -0.2) is 0 Å². The van der Waals surface area contributed by atoms with E-state index in [1.54, 1.807) is 33.1 Å². The van der Waals surface area contributed by atoms with Crippen molar-refractivity contribution in [2.45, 2.75) is 101 Å². The Hall–Kier alpha value is -3.24. The van der Waals surface area contributed by atoms with Crippen molar-refractivity contribution >= 4 is 23.5 Å². The third-order valence-electron chi connectivity index (χ3n) is 8.33. The van der Waals surface area contributed by atoms with Crippen LogP contribution in [0.2, 0.25) is 0 Å². The predicted octanol–water partition coefficient (Wildman–Crippen LogP) is 2.12. The molecular formula is C31H43N3O7. The Labute approximate surface area is 241 Å². The summed E-state index contributed by atoms with van der Waals surface area (Å²) < 4.78 is 10.4. The average molecular weight is 570 g/mol. The monoisotopic (exact) mass is 569 g/mol. The highest BCUT2D eigenvalue weighted by molar-refractivity contribution is 5.96. The van der Waals surface area contributed by atoms with Crippen LogP contribution in [0, 0.1) is 5.92 Å². The van der Waals surface area contributed by atoms with Crippen molar-refractivity contribution in [3.8, 4) is 5.75 Å². The molecule has 4 N–H and O–H groups in total. The summed E-state index contributed by atoms with van der Waals surface area (Å²) in [7, 11) is 1.57. The second-order valence-electron chi connectivity index (χ2n) is 11.9. The quantitative estimate of drug-likeness (QED) is 0.210. The molecule has 2 fully saturated rings. The summed E-state index contributed by atoms with van der Waals surface area (Å²) in [5.41, 5.74) is 1.17. The maximum atomic E-state index is 13.6. The molecule has 4 atom stereocenters. The zero-order valence-corrected chi connectivity index (χ0v) is 24.2. The van der Waals surface area contributed by atoms with Crippen LogP contribution in [0.4, 0.5) is 0 Å². The summed E-state index contributed by atoms with van der Waals surface area (Å²) in [4.78, 5) is 52.7. The number of allylic oxidation sites excluding steroid dienone is 1. The third-order valence-corrected chi connectivity index (χ3v) is 8.33. The normalized spacial score (nSPS) is 25.7. The SMILES string of the molecule is COc1ccc(C[C@H](NC(=O)[C@@H](C)NC(=O)[C@H]2CC[C@](C)(O)CC2)C(=O)N[C@@H](CC2=CCCC2)C(=O)[C@H]2CO2)cc1. The van der Waals surface area contributed by atoms with Gasteiger partial charge in [0, 0.05) is 12.3 Å². The molecule has 1 heterocycles. The van der Waals surface area contributed by atoms with Crippen LogP contribution < -0.4 is 20.7 Å². The van der Waals surface area contributed by atoms with Gasteiger partial charge < -0.3 is 30.5 Å². The van der Waals surface area contributed by atoms with E-state index in [2.05, 4.69) is 22.0 Å². The molecule has 0 bridgehead atoms. The molecule has 0 unspecified atom stereocenters. The van der Waals surface area contributed by atoms with Crippen LogP contribution in [0.5, 0.6) is 5.75 Å². The number of benzene rings is 1. The topological polar surface area (TPSA) is 146 Å². The Bertz CT molecular complexity index is 1130. The first-order valence-electron chi connectivity index (χ1n) is 14.6. The second-order valence-corrected chi connectivity index (χ2v) is 11.9. The largest absolute Gasteiger partial charge is 0.497 e. The van der Waals surface area contributed by atoms with Crippen molar-refractivity contribution < 1.29 is 33.8 Å². The molecule has 0 aromatic heterocycles. The van der Waals surface area contributed by atoms with Crippen LogP contribution in [0.1, 0.15) is 70.8 Å². The highest BCUT2D eigenvalue weighted by Gasteiger charge is 2.39. The number of amides is 3. The number of nitrogens with one attached hydrogen (secondary N) is 3. The third kappa shape index (κ3) is 8.87. The fourth-order valence-corrected chi connectivity index (χ4v) is 5.52. The summed E-state index contributed by atoms with van der Waals surface area (Å²) in [6.45, 7) is 3.70. The molecule has 3 aliphatic rings. The lowest BCUT2D eigenvalue weighted by molar-refractivity contribution is -0.134. The van der Waals surface area contributed by atoms with Gasteiger partial charge in [-0.1, -0.05) is 23.8 Å². The van der Waals surface area contributed by atoms with Crippen LogP contribution >= 0.6 is 0 Å². The number of hydrogen-bond donors (Lipinski definition) is 4. The number of rotatable bonds is 13. The molecule has 2 aliphatic carbocycles. The summed E-state index contributed by atoms with van der Waals surface area (Å²) in [6.07, 6.45) is 7.26. The van der Waals surface area contributed by atoms with E-state index in [-0.39, 0.29) is 24.0 Å². The van der Waals surface area contributed by atoms with Gasteiger partial charge in [-0.15, -0.1) is 0 Å². The van der Waals surface area contributed by atoms with E-state index in [0.717, 1.165) is 30.4 Å². The number of hydrogen-bond acceptors (Lipinski definition) is 7. The number of Topliss-reactive ketones (excluding diaryl/α,β-unsaturated/α-hetero) is 1. The Balaban J connectivity index is 1.43. The van der Waals surface area contributed by atoms with E-state index in [1.165, 1.54) is 0 Å². The number of carbonyl (C=O) groups excluding carboxylic acids is 4. The standard InChI is InChI=1S/C31H43N3O7/c1-19(32-29(37)22-12-14-31(2,39)15-13-22)28(36)34-25(17-21-8-10-23(40-3)11-9-21)30(38)33-24(27(35)26-18-41-26)16-20-6-4-5-7-20/h6,8-11,19,22,24-26,39H,4-5,7,12-18H2,1-3H3,(H,32,37)(H,33,38)(H,34,36)/t19-,22-,24+,25+,26-,31-/m1/s1. The Kier molecular flexibility index (Phi) is 10.2. The van der Waals surface area contributed by atoms with Crippen LogP contribution in [-0.4, -0.2) is 72.2 Å². The molecule has 1 aromatic carbocycles. The molecule has 4 rings (SSSR count). The van der Waals surface area contributed by atoms with E-state index >= 15 is 0 Å². The fourth-order valence-electron chi connectivity index (χ4n) is 5.52. The molecule has 3 amide bonds. The molecule has 10 nitrogen and oxygen atoms in total. The molecule has 41 heavy (non-hydrogen) atoms. The summed E-state index contributed by atoms with van der Waals surface area (Å²) >= 11 is 0. The molecule has 1 aromatic rings. The molecular weight excluding hydrogens is 526 g/mol. The van der Waals surface area contributed by atoms with E-state index in [9.17, 15) is 24.3 Å².